The van der Waals surface area contributed by atoms with Crippen LogP contribution >= 0.6 is 31.9 Å². The first-order valence-electron chi connectivity index (χ1n) is 11.3. The van der Waals surface area contributed by atoms with Crippen molar-refractivity contribution in [3.05, 3.63) is 86.8 Å². The van der Waals surface area contributed by atoms with Gasteiger partial charge >= 0.3 is 0 Å². The van der Waals surface area contributed by atoms with Gasteiger partial charge in [0, 0.05) is 37.8 Å². The fourth-order valence-corrected chi connectivity index (χ4v) is 5.85. The number of benzene rings is 3. The van der Waals surface area contributed by atoms with Crippen LogP contribution in [0.4, 0.5) is 11.4 Å². The number of carbonyl (C=O) groups is 1. The van der Waals surface area contributed by atoms with Gasteiger partial charge in [-0.3, -0.25) is 4.79 Å². The molecule has 1 aliphatic rings. The average Bonchev–Trinajstić information content (AvgIpc) is 2.82. The molecule has 3 atom stereocenters. The van der Waals surface area contributed by atoms with Crippen molar-refractivity contribution >= 4 is 49.1 Å². The Morgan fingerprint density at radius 3 is 2.42 bits per heavy atom. The van der Waals surface area contributed by atoms with Crippen molar-refractivity contribution in [3.8, 4) is 5.75 Å². The molecule has 1 N–H and O–H groups in total. The summed E-state index contributed by atoms with van der Waals surface area (Å²) in [5.74, 6) is 0.998. The number of anilines is 2. The highest BCUT2D eigenvalue weighted by atomic mass is 79.9. The van der Waals surface area contributed by atoms with Gasteiger partial charge in [-0.15, -0.1) is 0 Å². The number of hydrogen-bond donors (Lipinski definition) is 1. The Bertz CT molecular complexity index is 1130. The summed E-state index contributed by atoms with van der Waals surface area (Å²) < 4.78 is 7.58. The van der Waals surface area contributed by atoms with E-state index in [4.69, 9.17) is 4.74 Å². The van der Waals surface area contributed by atoms with E-state index in [1.807, 2.05) is 60.4 Å². The molecule has 33 heavy (non-hydrogen) atoms. The van der Waals surface area contributed by atoms with Gasteiger partial charge in [-0.05, 0) is 83.4 Å². The summed E-state index contributed by atoms with van der Waals surface area (Å²) in [7, 11) is 0. The van der Waals surface area contributed by atoms with Crippen molar-refractivity contribution < 1.29 is 9.53 Å². The monoisotopic (exact) mass is 570 g/mol. The molecule has 0 fully saturated rings. The second-order valence-corrected chi connectivity index (χ2v) is 10.0. The molecule has 0 aromatic heterocycles. The minimum Gasteiger partial charge on any atom is -0.494 e. The molecule has 172 valence electrons. The molecule has 0 aliphatic carbocycles. The standard InChI is InChI=1S/C27H28Br2N2O2/c1-4-24-17(3)26(30-23-15-12-19(28)16-22(23)29)21-8-6-7-9-25(21)31(24)27(32)18-10-13-20(14-11-18)33-5-2/h6-17,24,26,30H,4-5H2,1-3H3. The Morgan fingerprint density at radius 2 is 1.76 bits per heavy atom. The van der Waals surface area contributed by atoms with Crippen molar-refractivity contribution in [2.75, 3.05) is 16.8 Å². The predicted octanol–water partition coefficient (Wildman–Crippen LogP) is 7.84. The van der Waals surface area contributed by atoms with E-state index in [1.54, 1.807) is 0 Å². The highest BCUT2D eigenvalue weighted by molar-refractivity contribution is 9.11. The van der Waals surface area contributed by atoms with Crippen molar-refractivity contribution in [2.45, 2.75) is 39.3 Å². The maximum absolute atomic E-state index is 13.8. The summed E-state index contributed by atoms with van der Waals surface area (Å²) >= 11 is 7.21. The molecule has 0 bridgehead atoms. The number of para-hydroxylation sites is 1. The molecule has 6 heteroatoms. The van der Waals surface area contributed by atoms with Gasteiger partial charge in [0.15, 0.2) is 0 Å². The smallest absolute Gasteiger partial charge is 0.258 e. The lowest BCUT2D eigenvalue weighted by Gasteiger charge is -2.45. The van der Waals surface area contributed by atoms with Crippen LogP contribution in [0.1, 0.15) is 49.2 Å². The Balaban J connectivity index is 1.72. The number of hydrogen-bond acceptors (Lipinski definition) is 3. The Kier molecular flexibility index (Phi) is 7.45. The number of fused-ring (bicyclic) bond motifs is 1. The molecule has 4 rings (SSSR count). The van der Waals surface area contributed by atoms with Gasteiger partial charge in [-0.2, -0.15) is 0 Å². The fraction of sp³-hybridized carbons (Fsp3) is 0.296. The van der Waals surface area contributed by atoms with E-state index in [9.17, 15) is 4.79 Å². The zero-order chi connectivity index (χ0) is 23.5. The minimum absolute atomic E-state index is 0.0208. The van der Waals surface area contributed by atoms with Gasteiger partial charge in [0.25, 0.3) is 5.91 Å². The molecule has 3 aromatic rings. The average molecular weight is 572 g/mol. The molecule has 0 spiro atoms. The van der Waals surface area contributed by atoms with Gasteiger partial charge < -0.3 is 15.0 Å². The molecular formula is C27H28Br2N2O2. The zero-order valence-corrected chi connectivity index (χ0v) is 22.2. The molecule has 3 unspecified atom stereocenters. The van der Waals surface area contributed by atoms with Gasteiger partial charge in [-0.25, -0.2) is 0 Å². The van der Waals surface area contributed by atoms with Gasteiger partial charge in [0.2, 0.25) is 0 Å². The van der Waals surface area contributed by atoms with E-state index in [1.165, 1.54) is 0 Å². The van der Waals surface area contributed by atoms with Crippen molar-refractivity contribution in [1.29, 1.82) is 0 Å². The summed E-state index contributed by atoms with van der Waals surface area (Å²) in [5, 5.41) is 3.75. The Hall–Kier alpha value is -2.31. The number of nitrogens with zero attached hydrogens (tertiary/aromatic N) is 1. The van der Waals surface area contributed by atoms with Crippen LogP contribution < -0.4 is 15.0 Å². The molecule has 3 aromatic carbocycles. The summed E-state index contributed by atoms with van der Waals surface area (Å²) in [4.78, 5) is 15.7. The number of halogens is 2. The summed E-state index contributed by atoms with van der Waals surface area (Å²) in [6.07, 6.45) is 0.859. The number of ether oxygens (including phenoxy) is 1. The number of carbonyl (C=O) groups excluding carboxylic acids is 1. The maximum Gasteiger partial charge on any atom is 0.258 e. The summed E-state index contributed by atoms with van der Waals surface area (Å²) in [6.45, 7) is 6.94. The fourth-order valence-electron chi connectivity index (χ4n) is 4.69. The molecule has 1 amide bonds. The van der Waals surface area contributed by atoms with Crippen molar-refractivity contribution in [2.24, 2.45) is 5.92 Å². The third kappa shape index (κ3) is 4.82. The lowest BCUT2D eigenvalue weighted by molar-refractivity contribution is 0.0960. The van der Waals surface area contributed by atoms with Gasteiger partial charge in [-0.1, -0.05) is 48.0 Å². The van der Waals surface area contributed by atoms with Crippen LogP contribution in [-0.4, -0.2) is 18.6 Å². The predicted molar refractivity (Wildman–Crippen MR) is 142 cm³/mol. The largest absolute Gasteiger partial charge is 0.494 e. The minimum atomic E-state index is 0.0208. The molecule has 0 radical (unpaired) electrons. The lowest BCUT2D eigenvalue weighted by Crippen LogP contribution is -2.50. The first-order chi connectivity index (χ1) is 15.9. The molecule has 0 saturated carbocycles. The topological polar surface area (TPSA) is 41.6 Å². The van der Waals surface area contributed by atoms with Crippen LogP contribution in [0.2, 0.25) is 0 Å². The quantitative estimate of drug-likeness (QED) is 0.327. The molecule has 1 heterocycles. The lowest BCUT2D eigenvalue weighted by atomic mass is 9.80. The molecule has 4 nitrogen and oxygen atoms in total. The number of nitrogens with one attached hydrogen (secondary N) is 1. The zero-order valence-electron chi connectivity index (χ0n) is 19.0. The van der Waals surface area contributed by atoms with Crippen LogP contribution in [0.3, 0.4) is 0 Å². The van der Waals surface area contributed by atoms with E-state index in [-0.39, 0.29) is 23.9 Å². The SMILES string of the molecule is CCOc1ccc(C(=O)N2c3ccccc3C(Nc3ccc(Br)cc3Br)C(C)C2CC)cc1. The van der Waals surface area contributed by atoms with Crippen molar-refractivity contribution in [1.82, 2.24) is 0 Å². The van der Waals surface area contributed by atoms with Gasteiger partial charge in [0.05, 0.1) is 12.6 Å². The van der Waals surface area contributed by atoms with Crippen LogP contribution in [0, 0.1) is 5.92 Å². The normalized spacial score (nSPS) is 19.7. The Morgan fingerprint density at radius 1 is 1.03 bits per heavy atom. The molecular weight excluding hydrogens is 544 g/mol. The summed E-state index contributed by atoms with van der Waals surface area (Å²) in [6, 6.07) is 22.0. The van der Waals surface area contributed by atoms with Crippen LogP contribution in [0.25, 0.3) is 0 Å². The Labute approximate surface area is 212 Å². The number of rotatable bonds is 6. The third-order valence-electron chi connectivity index (χ3n) is 6.29. The van der Waals surface area contributed by atoms with Gasteiger partial charge in [0.1, 0.15) is 5.75 Å². The van der Waals surface area contributed by atoms with E-state index in [0.29, 0.717) is 12.2 Å². The van der Waals surface area contributed by atoms with Crippen LogP contribution in [0.15, 0.2) is 75.7 Å². The van der Waals surface area contributed by atoms with E-state index in [2.05, 4.69) is 69.2 Å². The first kappa shape index (κ1) is 23.8. The molecule has 1 aliphatic heterocycles. The third-order valence-corrected chi connectivity index (χ3v) is 7.44. The molecule has 0 saturated heterocycles. The number of amides is 1. The maximum atomic E-state index is 13.8. The highest BCUT2D eigenvalue weighted by Crippen LogP contribution is 2.44. The van der Waals surface area contributed by atoms with E-state index in [0.717, 1.165) is 38.1 Å². The van der Waals surface area contributed by atoms with Crippen molar-refractivity contribution in [3.63, 3.8) is 0 Å². The van der Waals surface area contributed by atoms with E-state index >= 15 is 0 Å². The second-order valence-electron chi connectivity index (χ2n) is 8.27. The van der Waals surface area contributed by atoms with Crippen LogP contribution in [0.5, 0.6) is 5.75 Å². The second kappa shape index (κ2) is 10.3. The van der Waals surface area contributed by atoms with Crippen LogP contribution in [-0.2, 0) is 0 Å². The highest BCUT2D eigenvalue weighted by Gasteiger charge is 2.40. The van der Waals surface area contributed by atoms with E-state index < -0.39 is 0 Å². The summed E-state index contributed by atoms with van der Waals surface area (Å²) in [5.41, 5.74) is 3.79. The first-order valence-corrected chi connectivity index (χ1v) is 12.9.